The van der Waals surface area contributed by atoms with E-state index in [1.165, 1.54) is 0 Å². The molecule has 0 aliphatic rings. The molecule has 0 spiro atoms. The second-order valence-electron chi connectivity index (χ2n) is 1.53. The van der Waals surface area contributed by atoms with E-state index in [1.807, 2.05) is 17.8 Å². The molecule has 0 unspecified atom stereocenters. The molecular weight excluding hydrogens is 120 g/mol. The van der Waals surface area contributed by atoms with Gasteiger partial charge < -0.3 is 4.57 Å². The van der Waals surface area contributed by atoms with Crippen LogP contribution in [0.3, 0.4) is 0 Å². The fraction of sp³-hybridized carbons (Fsp3) is 0.200. The summed E-state index contributed by atoms with van der Waals surface area (Å²) in [5, 5.41) is 0. The van der Waals surface area contributed by atoms with Gasteiger partial charge in [0.1, 0.15) is 4.64 Å². The quantitative estimate of drug-likeness (QED) is 0.485. The number of nitrogens with zero attached hydrogens (tertiary/aromatic N) is 2. The molecule has 0 fully saturated rings. The summed E-state index contributed by atoms with van der Waals surface area (Å²) in [7, 11) is 1.89. The fourth-order valence-electron chi connectivity index (χ4n) is 0.410. The summed E-state index contributed by atoms with van der Waals surface area (Å²) >= 11 is 4.85. The van der Waals surface area contributed by atoms with Gasteiger partial charge in [-0.2, -0.15) is 0 Å². The minimum atomic E-state index is 0.757. The second-order valence-corrected chi connectivity index (χ2v) is 1.94. The van der Waals surface area contributed by atoms with Gasteiger partial charge >= 0.3 is 0 Å². The van der Waals surface area contributed by atoms with E-state index in [2.05, 4.69) is 4.98 Å². The minimum absolute atomic E-state index is 0.757. The van der Waals surface area contributed by atoms with Gasteiger partial charge in [-0.25, -0.2) is 0 Å². The topological polar surface area (TPSA) is 17.8 Å². The Morgan fingerprint density at radius 1 is 1.75 bits per heavy atom. The van der Waals surface area contributed by atoms with Gasteiger partial charge in [0.25, 0.3) is 0 Å². The molecule has 0 aliphatic heterocycles. The van der Waals surface area contributed by atoms with E-state index in [4.69, 9.17) is 12.2 Å². The molecule has 1 aromatic heterocycles. The van der Waals surface area contributed by atoms with Crippen molar-refractivity contribution in [3.05, 3.63) is 23.2 Å². The van der Waals surface area contributed by atoms with Crippen LogP contribution in [0.25, 0.3) is 0 Å². The standard InChI is InChI=1S/C5H6N2S/c1-7-3-2-6-4-5(7)8/h2-4H,1H3. The highest BCUT2D eigenvalue weighted by atomic mass is 32.1. The monoisotopic (exact) mass is 126 g/mol. The van der Waals surface area contributed by atoms with Gasteiger partial charge in [-0.1, -0.05) is 12.2 Å². The smallest absolute Gasteiger partial charge is 0.124 e. The molecular formula is C5H6N2S. The Balaban J connectivity index is 3.35. The van der Waals surface area contributed by atoms with Crippen LogP contribution in [0.15, 0.2) is 18.6 Å². The van der Waals surface area contributed by atoms with Crippen LogP contribution >= 0.6 is 12.2 Å². The minimum Gasteiger partial charge on any atom is -0.339 e. The molecule has 0 aromatic carbocycles. The molecule has 3 heteroatoms. The number of aromatic nitrogens is 2. The van der Waals surface area contributed by atoms with Gasteiger partial charge in [-0.05, 0) is 0 Å². The van der Waals surface area contributed by atoms with E-state index in [0.29, 0.717) is 0 Å². The van der Waals surface area contributed by atoms with Gasteiger partial charge in [0.15, 0.2) is 0 Å². The Morgan fingerprint density at radius 2 is 2.50 bits per heavy atom. The molecule has 8 heavy (non-hydrogen) atoms. The molecule has 0 amide bonds. The Labute approximate surface area is 52.8 Å². The van der Waals surface area contributed by atoms with E-state index in [-0.39, 0.29) is 0 Å². The summed E-state index contributed by atoms with van der Waals surface area (Å²) in [4.78, 5) is 3.82. The highest BCUT2D eigenvalue weighted by molar-refractivity contribution is 7.71. The summed E-state index contributed by atoms with van der Waals surface area (Å²) < 4.78 is 2.59. The van der Waals surface area contributed by atoms with E-state index >= 15 is 0 Å². The molecule has 1 aromatic rings. The van der Waals surface area contributed by atoms with Crippen LogP contribution in [-0.4, -0.2) is 9.55 Å². The van der Waals surface area contributed by atoms with E-state index < -0.39 is 0 Å². The predicted octanol–water partition coefficient (Wildman–Crippen LogP) is 1.15. The summed E-state index contributed by atoms with van der Waals surface area (Å²) in [5.41, 5.74) is 0. The van der Waals surface area contributed by atoms with Gasteiger partial charge in [-0.15, -0.1) is 0 Å². The Bertz CT molecular complexity index is 228. The van der Waals surface area contributed by atoms with Gasteiger partial charge in [0, 0.05) is 19.4 Å². The van der Waals surface area contributed by atoms with Crippen molar-refractivity contribution in [1.82, 2.24) is 9.55 Å². The summed E-state index contributed by atoms with van der Waals surface area (Å²) in [6, 6.07) is 0. The van der Waals surface area contributed by atoms with Crippen LogP contribution < -0.4 is 0 Å². The summed E-state index contributed by atoms with van der Waals surface area (Å²) in [6.07, 6.45) is 5.17. The van der Waals surface area contributed by atoms with Crippen molar-refractivity contribution < 1.29 is 0 Å². The summed E-state index contributed by atoms with van der Waals surface area (Å²) in [5.74, 6) is 0. The molecule has 1 heterocycles. The molecule has 0 aliphatic carbocycles. The molecule has 0 saturated carbocycles. The van der Waals surface area contributed by atoms with Crippen molar-refractivity contribution in [2.45, 2.75) is 0 Å². The van der Waals surface area contributed by atoms with E-state index in [0.717, 1.165) is 4.64 Å². The van der Waals surface area contributed by atoms with Crippen molar-refractivity contribution >= 4 is 12.2 Å². The van der Waals surface area contributed by atoms with E-state index in [1.54, 1.807) is 12.4 Å². The van der Waals surface area contributed by atoms with Crippen molar-refractivity contribution in [2.75, 3.05) is 0 Å². The van der Waals surface area contributed by atoms with Gasteiger partial charge in [-0.3, -0.25) is 4.98 Å². The van der Waals surface area contributed by atoms with Crippen LogP contribution in [0.4, 0.5) is 0 Å². The van der Waals surface area contributed by atoms with Crippen molar-refractivity contribution in [1.29, 1.82) is 0 Å². The van der Waals surface area contributed by atoms with Gasteiger partial charge in [0.05, 0.1) is 6.20 Å². The van der Waals surface area contributed by atoms with Crippen LogP contribution in [0, 0.1) is 4.64 Å². The highest BCUT2D eigenvalue weighted by Crippen LogP contribution is 1.82. The predicted molar refractivity (Wildman–Crippen MR) is 34.0 cm³/mol. The van der Waals surface area contributed by atoms with Crippen molar-refractivity contribution in [3.8, 4) is 0 Å². The third-order valence-corrected chi connectivity index (χ3v) is 1.30. The maximum Gasteiger partial charge on any atom is 0.124 e. The molecule has 0 N–H and O–H groups in total. The molecule has 2 nitrogen and oxygen atoms in total. The van der Waals surface area contributed by atoms with Crippen LogP contribution in [0.5, 0.6) is 0 Å². The zero-order valence-electron chi connectivity index (χ0n) is 4.53. The van der Waals surface area contributed by atoms with E-state index in [9.17, 15) is 0 Å². The SMILES string of the molecule is Cn1ccncc1=S. The normalized spacial score (nSPS) is 9.12. The molecule has 42 valence electrons. The maximum absolute atomic E-state index is 4.85. The van der Waals surface area contributed by atoms with Crippen molar-refractivity contribution in [3.63, 3.8) is 0 Å². The number of hydrogen-bond donors (Lipinski definition) is 0. The van der Waals surface area contributed by atoms with Crippen LogP contribution in [0.2, 0.25) is 0 Å². The van der Waals surface area contributed by atoms with Crippen molar-refractivity contribution in [2.24, 2.45) is 7.05 Å². The molecule has 0 saturated heterocycles. The zero-order valence-corrected chi connectivity index (χ0v) is 5.35. The molecule has 1 rings (SSSR count). The number of rotatable bonds is 0. The third kappa shape index (κ3) is 0.924. The lowest BCUT2D eigenvalue weighted by atomic mass is 10.7. The first kappa shape index (κ1) is 5.44. The first-order chi connectivity index (χ1) is 3.80. The lowest BCUT2D eigenvalue weighted by Gasteiger charge is -1.91. The molecule has 0 radical (unpaired) electrons. The Kier molecular flexibility index (Phi) is 1.39. The first-order valence-corrected chi connectivity index (χ1v) is 2.68. The third-order valence-electron chi connectivity index (χ3n) is 0.909. The second kappa shape index (κ2) is 2.05. The number of aryl methyl sites for hydroxylation is 1. The Hall–Kier alpha value is -0.700. The van der Waals surface area contributed by atoms with Crippen LogP contribution in [-0.2, 0) is 7.05 Å². The van der Waals surface area contributed by atoms with Gasteiger partial charge in [0.2, 0.25) is 0 Å². The zero-order chi connectivity index (χ0) is 5.98. The lowest BCUT2D eigenvalue weighted by Crippen LogP contribution is -1.89. The average molecular weight is 126 g/mol. The first-order valence-electron chi connectivity index (χ1n) is 2.27. The lowest BCUT2D eigenvalue weighted by molar-refractivity contribution is 0.868. The number of hydrogen-bond acceptors (Lipinski definition) is 2. The molecule has 0 atom stereocenters. The highest BCUT2D eigenvalue weighted by Gasteiger charge is 1.76. The van der Waals surface area contributed by atoms with Crippen LogP contribution in [0.1, 0.15) is 0 Å². The average Bonchev–Trinajstić information content (AvgIpc) is 1.77. The maximum atomic E-state index is 4.85. The largest absolute Gasteiger partial charge is 0.339 e. The molecule has 0 bridgehead atoms. The summed E-state index contributed by atoms with van der Waals surface area (Å²) in [6.45, 7) is 0. The Morgan fingerprint density at radius 3 is 2.88 bits per heavy atom. The fourth-order valence-corrected chi connectivity index (χ4v) is 0.532.